The minimum atomic E-state index is 0.393. The van der Waals surface area contributed by atoms with Crippen molar-refractivity contribution in [3.8, 4) is 0 Å². The zero-order valence-corrected chi connectivity index (χ0v) is 11.7. The van der Waals surface area contributed by atoms with Crippen LogP contribution in [-0.4, -0.2) is 10.7 Å². The molecule has 0 aromatic carbocycles. The lowest BCUT2D eigenvalue weighted by Gasteiger charge is -2.24. The number of hydrogen-bond donors (Lipinski definition) is 0. The van der Waals surface area contributed by atoms with E-state index in [1.807, 2.05) is 11.3 Å². The summed E-state index contributed by atoms with van der Waals surface area (Å²) in [6, 6.07) is 4.34. The third-order valence-corrected chi connectivity index (χ3v) is 5.84. The highest BCUT2D eigenvalue weighted by Crippen LogP contribution is 2.29. The van der Waals surface area contributed by atoms with E-state index in [1.54, 1.807) is 0 Å². The highest BCUT2D eigenvalue weighted by molar-refractivity contribution is 9.09. The first kappa shape index (κ1) is 11.7. The molecule has 0 aliphatic heterocycles. The van der Waals surface area contributed by atoms with E-state index in [0.29, 0.717) is 5.41 Å². The summed E-state index contributed by atoms with van der Waals surface area (Å²) in [6.45, 7) is 2.31. The topological polar surface area (TPSA) is 0 Å². The van der Waals surface area contributed by atoms with Gasteiger partial charge >= 0.3 is 0 Å². The molecular weight excluding hydrogens is 312 g/mol. The molecule has 0 spiro atoms. The zero-order chi connectivity index (χ0) is 9.73. The molecule has 0 radical (unpaired) electrons. The molecule has 0 N–H and O–H groups in total. The number of rotatable bonds is 5. The predicted octanol–water partition coefficient (Wildman–Crippen LogP) is 4.48. The normalized spacial score (nSPS) is 11.9. The van der Waals surface area contributed by atoms with Crippen molar-refractivity contribution >= 4 is 43.2 Å². The second-order valence-electron chi connectivity index (χ2n) is 3.66. The fraction of sp³-hybridized carbons (Fsp3) is 0.600. The average Bonchev–Trinajstić information content (AvgIpc) is 2.67. The third-order valence-electron chi connectivity index (χ3n) is 2.20. The number of halogens is 2. The summed E-state index contributed by atoms with van der Waals surface area (Å²) in [5, 5.41) is 4.28. The van der Waals surface area contributed by atoms with Gasteiger partial charge in [0.2, 0.25) is 0 Å². The van der Waals surface area contributed by atoms with Gasteiger partial charge in [-0.2, -0.15) is 0 Å². The molecule has 0 aliphatic rings. The first-order chi connectivity index (χ1) is 6.20. The highest BCUT2D eigenvalue weighted by Gasteiger charge is 2.21. The summed E-state index contributed by atoms with van der Waals surface area (Å²) in [5.41, 5.74) is 0.393. The summed E-state index contributed by atoms with van der Waals surface area (Å²) in [6.07, 6.45) is 2.44. The fourth-order valence-electron chi connectivity index (χ4n) is 1.05. The number of hydrogen-bond acceptors (Lipinski definition) is 1. The van der Waals surface area contributed by atoms with Crippen molar-refractivity contribution in [2.24, 2.45) is 5.41 Å². The van der Waals surface area contributed by atoms with Gasteiger partial charge in [-0.1, -0.05) is 44.8 Å². The van der Waals surface area contributed by atoms with Crippen molar-refractivity contribution in [1.82, 2.24) is 0 Å². The van der Waals surface area contributed by atoms with E-state index in [1.165, 1.54) is 17.7 Å². The summed E-state index contributed by atoms with van der Waals surface area (Å²) < 4.78 is 0. The Balaban J connectivity index is 2.41. The van der Waals surface area contributed by atoms with Crippen LogP contribution in [0, 0.1) is 5.41 Å². The van der Waals surface area contributed by atoms with Crippen LogP contribution in [0.4, 0.5) is 0 Å². The van der Waals surface area contributed by atoms with Crippen LogP contribution in [0.1, 0.15) is 18.2 Å². The molecule has 74 valence electrons. The Morgan fingerprint density at radius 3 is 2.54 bits per heavy atom. The maximum Gasteiger partial charge on any atom is 0.00934 e. The van der Waals surface area contributed by atoms with Gasteiger partial charge in [0.1, 0.15) is 0 Å². The standard InChI is InChI=1S/C10H14Br2S/c1-10(7-11,8-12)5-4-9-3-2-6-13-9/h2-3,6H,4-5,7-8H2,1H3. The molecule has 3 heteroatoms. The molecule has 0 amide bonds. The summed E-state index contributed by atoms with van der Waals surface area (Å²) in [7, 11) is 0. The highest BCUT2D eigenvalue weighted by atomic mass is 79.9. The van der Waals surface area contributed by atoms with Gasteiger partial charge in [0.15, 0.2) is 0 Å². The van der Waals surface area contributed by atoms with Crippen LogP contribution < -0.4 is 0 Å². The molecule has 1 rings (SSSR count). The minimum absolute atomic E-state index is 0.393. The maximum absolute atomic E-state index is 3.57. The van der Waals surface area contributed by atoms with Crippen molar-refractivity contribution < 1.29 is 0 Å². The van der Waals surface area contributed by atoms with E-state index in [9.17, 15) is 0 Å². The second kappa shape index (κ2) is 5.52. The lowest BCUT2D eigenvalue weighted by atomic mass is 9.90. The minimum Gasteiger partial charge on any atom is -0.149 e. The fourth-order valence-corrected chi connectivity index (χ4v) is 3.25. The average molecular weight is 326 g/mol. The van der Waals surface area contributed by atoms with Crippen LogP contribution in [0.3, 0.4) is 0 Å². The molecule has 0 aliphatic carbocycles. The molecule has 0 saturated carbocycles. The molecule has 0 unspecified atom stereocenters. The number of alkyl halides is 2. The van der Waals surface area contributed by atoms with Crippen LogP contribution >= 0.6 is 43.2 Å². The van der Waals surface area contributed by atoms with Crippen LogP contribution in [0.5, 0.6) is 0 Å². The Hall–Kier alpha value is 0.660. The Morgan fingerprint density at radius 1 is 1.38 bits per heavy atom. The molecule has 0 bridgehead atoms. The largest absolute Gasteiger partial charge is 0.149 e. The van der Waals surface area contributed by atoms with Crippen molar-refractivity contribution in [2.45, 2.75) is 19.8 Å². The SMILES string of the molecule is CC(CBr)(CBr)CCc1cccs1. The van der Waals surface area contributed by atoms with Crippen LogP contribution in [0.2, 0.25) is 0 Å². The summed E-state index contributed by atoms with van der Waals surface area (Å²) in [5.74, 6) is 0. The first-order valence-corrected chi connectivity index (χ1v) is 7.47. The third kappa shape index (κ3) is 3.72. The van der Waals surface area contributed by atoms with Crippen molar-refractivity contribution in [3.63, 3.8) is 0 Å². The van der Waals surface area contributed by atoms with Crippen LogP contribution in [0.15, 0.2) is 17.5 Å². The van der Waals surface area contributed by atoms with Crippen molar-refractivity contribution in [2.75, 3.05) is 10.7 Å². The summed E-state index contributed by atoms with van der Waals surface area (Å²) >= 11 is 8.99. The lowest BCUT2D eigenvalue weighted by Crippen LogP contribution is -2.20. The number of thiophene rings is 1. The van der Waals surface area contributed by atoms with Gasteiger partial charge in [0.05, 0.1) is 0 Å². The first-order valence-electron chi connectivity index (χ1n) is 4.34. The van der Waals surface area contributed by atoms with Gasteiger partial charge in [-0.3, -0.25) is 0 Å². The smallest absolute Gasteiger partial charge is 0.00934 e. The van der Waals surface area contributed by atoms with E-state index in [2.05, 4.69) is 56.3 Å². The Kier molecular flexibility index (Phi) is 4.98. The van der Waals surface area contributed by atoms with Gasteiger partial charge in [0.25, 0.3) is 0 Å². The quantitative estimate of drug-likeness (QED) is 0.700. The van der Waals surface area contributed by atoms with E-state index < -0.39 is 0 Å². The molecule has 1 heterocycles. The Labute approximate surface area is 101 Å². The van der Waals surface area contributed by atoms with Crippen LogP contribution in [-0.2, 0) is 6.42 Å². The second-order valence-corrected chi connectivity index (χ2v) is 5.81. The molecule has 0 saturated heterocycles. The van der Waals surface area contributed by atoms with Gasteiger partial charge in [-0.15, -0.1) is 11.3 Å². The number of aryl methyl sites for hydroxylation is 1. The van der Waals surface area contributed by atoms with E-state index >= 15 is 0 Å². The van der Waals surface area contributed by atoms with E-state index in [0.717, 1.165) is 10.7 Å². The molecule has 13 heavy (non-hydrogen) atoms. The predicted molar refractivity (Wildman–Crippen MR) is 68.3 cm³/mol. The van der Waals surface area contributed by atoms with E-state index in [4.69, 9.17) is 0 Å². The van der Waals surface area contributed by atoms with E-state index in [-0.39, 0.29) is 0 Å². The van der Waals surface area contributed by atoms with Gasteiger partial charge < -0.3 is 0 Å². The maximum atomic E-state index is 3.57. The molecule has 0 fully saturated rings. The van der Waals surface area contributed by atoms with Gasteiger partial charge in [0, 0.05) is 15.5 Å². The molecule has 0 atom stereocenters. The molecular formula is C10H14Br2S. The lowest BCUT2D eigenvalue weighted by molar-refractivity contribution is 0.404. The Bertz CT molecular complexity index is 227. The van der Waals surface area contributed by atoms with Crippen LogP contribution in [0.25, 0.3) is 0 Å². The van der Waals surface area contributed by atoms with Crippen molar-refractivity contribution in [3.05, 3.63) is 22.4 Å². The molecule has 0 nitrogen and oxygen atoms in total. The van der Waals surface area contributed by atoms with Crippen molar-refractivity contribution in [1.29, 1.82) is 0 Å². The summed E-state index contributed by atoms with van der Waals surface area (Å²) in [4.78, 5) is 1.49. The monoisotopic (exact) mass is 324 g/mol. The zero-order valence-electron chi connectivity index (χ0n) is 7.72. The van der Waals surface area contributed by atoms with Gasteiger partial charge in [-0.05, 0) is 29.7 Å². The molecule has 1 aromatic rings. The van der Waals surface area contributed by atoms with Gasteiger partial charge in [-0.25, -0.2) is 0 Å². The molecule has 1 aromatic heterocycles. The Morgan fingerprint density at radius 2 is 2.08 bits per heavy atom.